The Morgan fingerprint density at radius 2 is 1.88 bits per heavy atom. The molecule has 7 heteroatoms. The molecule has 174 valence electrons. The molecule has 6 nitrogen and oxygen atoms in total. The first kappa shape index (κ1) is 22.5. The topological polar surface area (TPSA) is 92.2 Å². The highest BCUT2D eigenvalue weighted by molar-refractivity contribution is 8.00. The largest absolute Gasteiger partial charge is 0.390 e. The van der Waals surface area contributed by atoms with Crippen LogP contribution in [0.1, 0.15) is 86.4 Å². The van der Waals surface area contributed by atoms with Crippen LogP contribution >= 0.6 is 11.8 Å². The summed E-state index contributed by atoms with van der Waals surface area (Å²) in [5.41, 5.74) is 2.94. The van der Waals surface area contributed by atoms with Gasteiger partial charge < -0.3 is 10.4 Å². The van der Waals surface area contributed by atoms with Crippen LogP contribution in [0, 0.1) is 5.92 Å². The molecule has 2 N–H and O–H groups in total. The molecule has 1 atom stereocenters. The Balaban J connectivity index is 1.39. The Bertz CT molecular complexity index is 1010. The Kier molecular flexibility index (Phi) is 6.79. The van der Waals surface area contributed by atoms with E-state index in [9.17, 15) is 14.7 Å². The summed E-state index contributed by atoms with van der Waals surface area (Å²) in [6.45, 7) is -0.181. The molecule has 1 aromatic carbocycles. The van der Waals surface area contributed by atoms with E-state index in [-0.39, 0.29) is 18.4 Å². The van der Waals surface area contributed by atoms with E-state index < -0.39 is 0 Å². The van der Waals surface area contributed by atoms with Gasteiger partial charge in [-0.25, -0.2) is 4.98 Å². The highest BCUT2D eigenvalue weighted by Crippen LogP contribution is 2.49. The number of Topliss-reactive ketones (excluding diaryl/α,β-unsaturated/α-hetero) is 1. The maximum atomic E-state index is 13.5. The normalized spacial score (nSPS) is 20.0. The molecule has 33 heavy (non-hydrogen) atoms. The van der Waals surface area contributed by atoms with Crippen LogP contribution in [0.3, 0.4) is 0 Å². The molecule has 0 unspecified atom stereocenters. The molecule has 0 bridgehead atoms. The van der Waals surface area contributed by atoms with Crippen molar-refractivity contribution in [3.63, 3.8) is 0 Å². The van der Waals surface area contributed by atoms with E-state index in [1.807, 2.05) is 11.8 Å². The van der Waals surface area contributed by atoms with Gasteiger partial charge in [0.05, 0.1) is 30.6 Å². The predicted molar refractivity (Wildman–Crippen MR) is 128 cm³/mol. The summed E-state index contributed by atoms with van der Waals surface area (Å²) in [6.07, 6.45) is 11.7. The van der Waals surface area contributed by atoms with Crippen LogP contribution in [0.25, 0.3) is 0 Å². The Labute approximate surface area is 199 Å². The minimum atomic E-state index is -0.292. The van der Waals surface area contributed by atoms with E-state index in [2.05, 4.69) is 33.5 Å². The third kappa shape index (κ3) is 5.82. The summed E-state index contributed by atoms with van der Waals surface area (Å²) < 4.78 is 0. The van der Waals surface area contributed by atoms with Gasteiger partial charge in [-0.05, 0) is 74.0 Å². The second kappa shape index (κ2) is 9.94. The number of amides is 1. The number of aliphatic hydroxyl groups is 1. The molecular formula is C26H31N3O3S. The molecule has 1 amide bonds. The summed E-state index contributed by atoms with van der Waals surface area (Å²) in [6, 6.07) is 6.64. The molecule has 1 aromatic heterocycles. The van der Waals surface area contributed by atoms with Crippen LogP contribution in [0.4, 0.5) is 5.82 Å². The molecule has 5 rings (SSSR count). The number of nitrogens with one attached hydrogen (secondary N) is 1. The number of nitrogens with zero attached hydrogens (tertiary/aromatic N) is 2. The zero-order valence-corrected chi connectivity index (χ0v) is 19.7. The fourth-order valence-electron chi connectivity index (χ4n) is 4.65. The van der Waals surface area contributed by atoms with E-state index in [1.54, 1.807) is 0 Å². The van der Waals surface area contributed by atoms with E-state index in [0.29, 0.717) is 42.0 Å². The number of ketones is 1. The fraction of sp³-hybridized carbons (Fsp3) is 0.538. The molecule has 0 radical (unpaired) electrons. The second-order valence-corrected chi connectivity index (χ2v) is 11.0. The van der Waals surface area contributed by atoms with Gasteiger partial charge in [0, 0.05) is 23.0 Å². The monoisotopic (exact) mass is 465 g/mol. The Morgan fingerprint density at radius 1 is 1.09 bits per heavy atom. The Morgan fingerprint density at radius 3 is 2.52 bits per heavy atom. The lowest BCUT2D eigenvalue weighted by molar-refractivity contribution is -0.121. The molecular weight excluding hydrogens is 434 g/mol. The molecule has 0 spiro atoms. The van der Waals surface area contributed by atoms with Crippen molar-refractivity contribution in [1.29, 1.82) is 0 Å². The minimum absolute atomic E-state index is 0.0812. The van der Waals surface area contributed by atoms with Gasteiger partial charge in [-0.2, -0.15) is 0 Å². The summed E-state index contributed by atoms with van der Waals surface area (Å²) in [7, 11) is 0. The summed E-state index contributed by atoms with van der Waals surface area (Å²) >= 11 is 2.00. The first-order valence-corrected chi connectivity index (χ1v) is 13.0. The zero-order valence-electron chi connectivity index (χ0n) is 18.8. The van der Waals surface area contributed by atoms with Crippen molar-refractivity contribution in [3.05, 3.63) is 47.4 Å². The van der Waals surface area contributed by atoms with Gasteiger partial charge in [-0.15, -0.1) is 11.8 Å². The van der Waals surface area contributed by atoms with E-state index in [4.69, 9.17) is 0 Å². The number of benzene rings is 1. The lowest BCUT2D eigenvalue weighted by Crippen LogP contribution is -2.26. The van der Waals surface area contributed by atoms with Gasteiger partial charge >= 0.3 is 0 Å². The van der Waals surface area contributed by atoms with Gasteiger partial charge in [0.15, 0.2) is 5.82 Å². The van der Waals surface area contributed by atoms with Gasteiger partial charge in [0.2, 0.25) is 5.91 Å². The lowest BCUT2D eigenvalue weighted by atomic mass is 9.79. The number of carbonyl (C=O) groups excluding carboxylic acids is 2. The smallest absolute Gasteiger partial charge is 0.233 e. The SMILES string of the molecule is O=C1CCC(C[C@@H](C(=O)Nc2cnc(CO)cn2)c2ccc(SC3CC3)c(C3CC3)c2)CC1. The number of thioether (sulfide) groups is 1. The summed E-state index contributed by atoms with van der Waals surface area (Å²) in [5.74, 6) is 1.35. The summed E-state index contributed by atoms with van der Waals surface area (Å²) in [4.78, 5) is 35.0. The number of anilines is 1. The lowest BCUT2D eigenvalue weighted by Gasteiger charge is -2.26. The van der Waals surface area contributed by atoms with Gasteiger partial charge in [-0.3, -0.25) is 14.6 Å². The quantitative estimate of drug-likeness (QED) is 0.543. The average molecular weight is 466 g/mol. The number of hydrogen-bond donors (Lipinski definition) is 2. The highest BCUT2D eigenvalue weighted by Gasteiger charge is 2.33. The van der Waals surface area contributed by atoms with Crippen molar-refractivity contribution in [2.75, 3.05) is 5.32 Å². The highest BCUT2D eigenvalue weighted by atomic mass is 32.2. The van der Waals surface area contributed by atoms with E-state index in [1.165, 1.54) is 48.5 Å². The van der Waals surface area contributed by atoms with Gasteiger partial charge in [-0.1, -0.05) is 12.1 Å². The standard InChI is InChI=1S/C26H31N3O3S/c30-15-19-13-28-25(14-27-19)29-26(32)23(11-16-1-6-20(31)7-2-16)18-5-10-24(33-21-8-9-21)22(12-18)17-3-4-17/h5,10,12-14,16-17,21,23,30H,1-4,6-9,11,15H2,(H,28,29,32)/t23-/m1/s1. The number of hydrogen-bond acceptors (Lipinski definition) is 6. The fourth-order valence-corrected chi connectivity index (χ4v) is 5.89. The van der Waals surface area contributed by atoms with Gasteiger partial charge in [0.25, 0.3) is 0 Å². The molecule has 3 fully saturated rings. The van der Waals surface area contributed by atoms with Crippen LogP contribution in [0.2, 0.25) is 0 Å². The average Bonchev–Trinajstić information content (AvgIpc) is 3.75. The van der Waals surface area contributed by atoms with Crippen molar-refractivity contribution in [3.8, 4) is 0 Å². The molecule has 0 saturated heterocycles. The number of aliphatic hydroxyl groups excluding tert-OH is 1. The van der Waals surface area contributed by atoms with Crippen LogP contribution in [0.5, 0.6) is 0 Å². The van der Waals surface area contributed by atoms with Crippen LogP contribution in [-0.2, 0) is 16.2 Å². The van der Waals surface area contributed by atoms with Crippen LogP contribution in [-0.4, -0.2) is 32.0 Å². The molecule has 0 aliphatic heterocycles. The first-order valence-electron chi connectivity index (χ1n) is 12.1. The molecule has 3 saturated carbocycles. The third-order valence-electron chi connectivity index (χ3n) is 6.94. The predicted octanol–water partition coefficient (Wildman–Crippen LogP) is 4.97. The van der Waals surface area contributed by atoms with E-state index >= 15 is 0 Å². The summed E-state index contributed by atoms with van der Waals surface area (Å²) in [5, 5.41) is 12.9. The second-order valence-electron chi connectivity index (χ2n) is 9.70. The molecule has 3 aliphatic rings. The van der Waals surface area contributed by atoms with Crippen molar-refractivity contribution in [2.24, 2.45) is 5.92 Å². The Hall–Kier alpha value is -2.25. The zero-order chi connectivity index (χ0) is 22.8. The number of rotatable bonds is 9. The third-order valence-corrected chi connectivity index (χ3v) is 8.37. The van der Waals surface area contributed by atoms with Crippen molar-refractivity contribution >= 4 is 29.3 Å². The number of aromatic nitrogens is 2. The van der Waals surface area contributed by atoms with Crippen LogP contribution < -0.4 is 5.32 Å². The van der Waals surface area contributed by atoms with Crippen LogP contribution in [0.15, 0.2) is 35.5 Å². The van der Waals surface area contributed by atoms with E-state index in [0.717, 1.165) is 30.1 Å². The molecule has 3 aliphatic carbocycles. The van der Waals surface area contributed by atoms with Crippen molar-refractivity contribution in [1.82, 2.24) is 9.97 Å². The maximum absolute atomic E-state index is 13.5. The molecule has 1 heterocycles. The number of carbonyl (C=O) groups is 2. The molecule has 2 aromatic rings. The maximum Gasteiger partial charge on any atom is 0.233 e. The first-order chi connectivity index (χ1) is 16.1. The van der Waals surface area contributed by atoms with Gasteiger partial charge in [0.1, 0.15) is 5.78 Å². The minimum Gasteiger partial charge on any atom is -0.390 e. The van der Waals surface area contributed by atoms with Crippen molar-refractivity contribution < 1.29 is 14.7 Å². The van der Waals surface area contributed by atoms with Crippen molar-refractivity contribution in [2.45, 2.75) is 86.4 Å².